The average molecular weight is 351 g/mol. The van der Waals surface area contributed by atoms with E-state index in [4.69, 9.17) is 4.74 Å². The van der Waals surface area contributed by atoms with Gasteiger partial charge in [0.2, 0.25) is 5.95 Å². The molecule has 1 saturated heterocycles. The van der Waals surface area contributed by atoms with Crippen LogP contribution in [0.15, 0.2) is 54.6 Å². The van der Waals surface area contributed by atoms with Crippen LogP contribution in [0, 0.1) is 0 Å². The number of ether oxygens (including phenoxy) is 1. The molecule has 0 radical (unpaired) electrons. The summed E-state index contributed by atoms with van der Waals surface area (Å²) in [4.78, 5) is 1.97. The van der Waals surface area contributed by atoms with E-state index < -0.39 is 6.10 Å². The fourth-order valence-electron chi connectivity index (χ4n) is 3.11. The van der Waals surface area contributed by atoms with Crippen molar-refractivity contribution in [2.75, 3.05) is 31.2 Å². The Labute approximate surface area is 151 Å². The lowest BCUT2D eigenvalue weighted by atomic mass is 10.0. The number of hydrogen-bond donors (Lipinski definition) is 1. The van der Waals surface area contributed by atoms with Crippen LogP contribution < -0.4 is 4.90 Å². The second-order valence-corrected chi connectivity index (χ2v) is 6.37. The Bertz CT molecular complexity index is 835. The van der Waals surface area contributed by atoms with Gasteiger partial charge in [-0.2, -0.15) is 0 Å². The topological polar surface area (TPSA) is 76.3 Å². The van der Waals surface area contributed by atoms with Gasteiger partial charge in [-0.1, -0.05) is 59.7 Å². The predicted octanol–water partition coefficient (Wildman–Crippen LogP) is 1.59. The van der Waals surface area contributed by atoms with Gasteiger partial charge in [-0.05, 0) is 27.1 Å². The van der Waals surface area contributed by atoms with E-state index in [1.807, 2.05) is 23.1 Å². The van der Waals surface area contributed by atoms with Gasteiger partial charge in [0.1, 0.15) is 0 Å². The lowest BCUT2D eigenvalue weighted by molar-refractivity contribution is 0.0597. The maximum absolute atomic E-state index is 9.93. The van der Waals surface area contributed by atoms with Crippen LogP contribution in [0.2, 0.25) is 0 Å². The van der Waals surface area contributed by atoms with Crippen LogP contribution in [0.4, 0.5) is 5.95 Å². The molecule has 1 fully saturated rings. The molecule has 134 valence electrons. The number of β-amino-alcohol motifs (C(OH)–C–C–N with tert-alkyl or cyclic N) is 1. The first-order valence-corrected chi connectivity index (χ1v) is 8.71. The highest BCUT2D eigenvalue weighted by atomic mass is 16.5. The molecule has 26 heavy (non-hydrogen) atoms. The van der Waals surface area contributed by atoms with E-state index in [-0.39, 0.29) is 0 Å². The monoisotopic (exact) mass is 351 g/mol. The maximum Gasteiger partial charge on any atom is 0.246 e. The molecule has 1 aliphatic rings. The molecule has 1 atom stereocenters. The molecule has 0 aliphatic carbocycles. The van der Waals surface area contributed by atoms with Crippen LogP contribution >= 0.6 is 0 Å². The number of aliphatic hydroxyl groups excluding tert-OH is 1. The fourth-order valence-corrected chi connectivity index (χ4v) is 3.11. The van der Waals surface area contributed by atoms with Crippen molar-refractivity contribution in [3.63, 3.8) is 0 Å². The summed E-state index contributed by atoms with van der Waals surface area (Å²) in [6.45, 7) is 2.59. The molecule has 0 unspecified atom stereocenters. The summed E-state index contributed by atoms with van der Waals surface area (Å²) in [6.07, 6.45) is -0.534. The van der Waals surface area contributed by atoms with Crippen molar-refractivity contribution in [3.8, 4) is 11.1 Å². The Morgan fingerprint density at radius 3 is 2.62 bits per heavy atom. The molecule has 1 aliphatic heterocycles. The number of hydrogen-bond acceptors (Lipinski definition) is 6. The van der Waals surface area contributed by atoms with Gasteiger partial charge >= 0.3 is 0 Å². The first-order valence-electron chi connectivity index (χ1n) is 8.71. The zero-order valence-electron chi connectivity index (χ0n) is 14.4. The van der Waals surface area contributed by atoms with Gasteiger partial charge in [0.25, 0.3) is 0 Å². The largest absolute Gasteiger partial charge is 0.389 e. The standard InChI is InChI=1S/C19H21N5O2/c25-18-13-23(10-11-26-14-18)19-20-21-22-24(19)12-15-6-8-17(9-7-15)16-4-2-1-3-5-16/h1-9,18,25H,10-14H2/t18-/m1/s1. The molecule has 0 saturated carbocycles. The quantitative estimate of drug-likeness (QED) is 0.769. The van der Waals surface area contributed by atoms with Crippen LogP contribution in [-0.2, 0) is 11.3 Å². The highest BCUT2D eigenvalue weighted by Gasteiger charge is 2.21. The van der Waals surface area contributed by atoms with Crippen molar-refractivity contribution in [2.24, 2.45) is 0 Å². The molecule has 4 rings (SSSR count). The third-order valence-electron chi connectivity index (χ3n) is 4.44. The molecule has 3 aromatic rings. The van der Waals surface area contributed by atoms with Crippen molar-refractivity contribution in [1.82, 2.24) is 20.2 Å². The Balaban J connectivity index is 1.50. The Hall–Kier alpha value is -2.77. The molecular weight excluding hydrogens is 330 g/mol. The molecule has 0 bridgehead atoms. The van der Waals surface area contributed by atoms with Crippen molar-refractivity contribution < 1.29 is 9.84 Å². The number of tetrazole rings is 1. The van der Waals surface area contributed by atoms with Crippen LogP contribution in [-0.4, -0.2) is 57.7 Å². The molecule has 0 amide bonds. The minimum absolute atomic E-state index is 0.346. The number of anilines is 1. The summed E-state index contributed by atoms with van der Waals surface area (Å²) in [5, 5.41) is 22.0. The van der Waals surface area contributed by atoms with Crippen molar-refractivity contribution in [1.29, 1.82) is 0 Å². The van der Waals surface area contributed by atoms with Gasteiger partial charge in [0, 0.05) is 13.1 Å². The van der Waals surface area contributed by atoms with E-state index in [0.717, 1.165) is 5.56 Å². The van der Waals surface area contributed by atoms with Gasteiger partial charge in [0.15, 0.2) is 0 Å². The second-order valence-electron chi connectivity index (χ2n) is 6.37. The summed E-state index contributed by atoms with van der Waals surface area (Å²) in [5.41, 5.74) is 3.49. The SMILES string of the molecule is O[C@H]1COCCN(c2nnnn2Cc2ccc(-c3ccccc3)cc2)C1. The van der Waals surface area contributed by atoms with Crippen LogP contribution in [0.25, 0.3) is 11.1 Å². The Morgan fingerprint density at radius 2 is 1.81 bits per heavy atom. The lowest BCUT2D eigenvalue weighted by Gasteiger charge is -2.21. The number of benzene rings is 2. The van der Waals surface area contributed by atoms with Crippen LogP contribution in [0.1, 0.15) is 5.56 Å². The van der Waals surface area contributed by atoms with Crippen molar-refractivity contribution in [3.05, 3.63) is 60.2 Å². The molecular formula is C19H21N5O2. The van der Waals surface area contributed by atoms with Gasteiger partial charge in [-0.25, -0.2) is 4.68 Å². The molecule has 7 heteroatoms. The Morgan fingerprint density at radius 1 is 1.04 bits per heavy atom. The number of nitrogens with zero attached hydrogens (tertiary/aromatic N) is 5. The van der Waals surface area contributed by atoms with E-state index in [1.165, 1.54) is 11.1 Å². The predicted molar refractivity (Wildman–Crippen MR) is 97.8 cm³/mol. The molecule has 2 aromatic carbocycles. The van der Waals surface area contributed by atoms with E-state index in [0.29, 0.717) is 38.8 Å². The zero-order valence-corrected chi connectivity index (χ0v) is 14.4. The molecule has 2 heterocycles. The molecule has 7 nitrogen and oxygen atoms in total. The first kappa shape index (κ1) is 16.7. The van der Waals surface area contributed by atoms with Gasteiger partial charge < -0.3 is 14.7 Å². The third-order valence-corrected chi connectivity index (χ3v) is 4.44. The summed E-state index contributed by atoms with van der Waals surface area (Å²) in [6, 6.07) is 18.7. The average Bonchev–Trinajstić information content (AvgIpc) is 3.02. The van der Waals surface area contributed by atoms with Crippen LogP contribution in [0.5, 0.6) is 0 Å². The number of aliphatic hydroxyl groups is 1. The summed E-state index contributed by atoms with van der Waals surface area (Å²) >= 11 is 0. The van der Waals surface area contributed by atoms with E-state index >= 15 is 0 Å². The van der Waals surface area contributed by atoms with Crippen molar-refractivity contribution >= 4 is 5.95 Å². The highest BCUT2D eigenvalue weighted by molar-refractivity contribution is 5.63. The zero-order chi connectivity index (χ0) is 17.8. The molecule has 1 aromatic heterocycles. The fraction of sp³-hybridized carbons (Fsp3) is 0.316. The lowest BCUT2D eigenvalue weighted by Crippen LogP contribution is -2.34. The third kappa shape index (κ3) is 3.74. The summed E-state index contributed by atoms with van der Waals surface area (Å²) < 4.78 is 7.14. The van der Waals surface area contributed by atoms with Gasteiger partial charge in [0.05, 0.1) is 25.9 Å². The minimum Gasteiger partial charge on any atom is -0.389 e. The summed E-state index contributed by atoms with van der Waals surface area (Å²) in [5.74, 6) is 0.654. The minimum atomic E-state index is -0.534. The van der Waals surface area contributed by atoms with E-state index in [1.54, 1.807) is 4.68 Å². The van der Waals surface area contributed by atoms with Gasteiger partial charge in [-0.3, -0.25) is 0 Å². The van der Waals surface area contributed by atoms with Crippen LogP contribution in [0.3, 0.4) is 0 Å². The Kier molecular flexibility index (Phi) is 4.90. The van der Waals surface area contributed by atoms with Gasteiger partial charge in [-0.15, -0.1) is 0 Å². The smallest absolute Gasteiger partial charge is 0.246 e. The number of rotatable bonds is 4. The van der Waals surface area contributed by atoms with E-state index in [2.05, 4.69) is 51.9 Å². The maximum atomic E-state index is 9.93. The highest BCUT2D eigenvalue weighted by Crippen LogP contribution is 2.20. The summed E-state index contributed by atoms with van der Waals surface area (Å²) in [7, 11) is 0. The second kappa shape index (κ2) is 7.63. The number of aromatic nitrogens is 4. The normalized spacial score (nSPS) is 17.9. The molecule has 0 spiro atoms. The first-order chi connectivity index (χ1) is 12.8. The molecule has 1 N–H and O–H groups in total. The van der Waals surface area contributed by atoms with E-state index in [9.17, 15) is 5.11 Å². The van der Waals surface area contributed by atoms with Crippen molar-refractivity contribution in [2.45, 2.75) is 12.6 Å².